The summed E-state index contributed by atoms with van der Waals surface area (Å²) in [6.45, 7) is 1.73. The van der Waals surface area contributed by atoms with Crippen LogP contribution in [0.25, 0.3) is 0 Å². The van der Waals surface area contributed by atoms with Crippen LogP contribution in [0.15, 0.2) is 15.9 Å². The monoisotopic (exact) mass is 311 g/mol. The highest BCUT2D eigenvalue weighted by Gasteiger charge is 2.23. The molecule has 1 aromatic heterocycles. The van der Waals surface area contributed by atoms with E-state index >= 15 is 0 Å². The Morgan fingerprint density at radius 2 is 2.07 bits per heavy atom. The summed E-state index contributed by atoms with van der Waals surface area (Å²) in [6.07, 6.45) is 2.19. The van der Waals surface area contributed by atoms with Gasteiger partial charge < -0.3 is 10.5 Å². The Labute approximate surface area is 109 Å². The molecule has 2 rings (SSSR count). The van der Waals surface area contributed by atoms with E-state index in [1.165, 1.54) is 4.88 Å². The summed E-state index contributed by atoms with van der Waals surface area (Å²) in [6, 6.07) is 4.38. The minimum atomic E-state index is 0. The molecule has 0 spiro atoms. The van der Waals surface area contributed by atoms with Crippen molar-refractivity contribution in [2.75, 3.05) is 13.2 Å². The summed E-state index contributed by atoms with van der Waals surface area (Å²) in [5.41, 5.74) is 6.22. The molecule has 1 fully saturated rings. The summed E-state index contributed by atoms with van der Waals surface area (Å²) in [5.74, 6) is 0.592. The lowest BCUT2D eigenvalue weighted by Gasteiger charge is -2.26. The highest BCUT2D eigenvalue weighted by atomic mass is 79.9. The van der Waals surface area contributed by atoms with E-state index in [4.69, 9.17) is 10.5 Å². The standard InChI is InChI=1S/C10H14BrNOS.ClH/c11-9-2-1-8(14-9)10(12)7-3-5-13-6-4-7;/h1-2,7,10H,3-6,12H2;1H/t10-;/m0./s1. The Morgan fingerprint density at radius 1 is 1.40 bits per heavy atom. The minimum absolute atomic E-state index is 0. The number of halogens is 2. The maximum atomic E-state index is 6.22. The van der Waals surface area contributed by atoms with Crippen LogP contribution in [0.5, 0.6) is 0 Å². The molecule has 2 N–H and O–H groups in total. The average molecular weight is 313 g/mol. The van der Waals surface area contributed by atoms with E-state index in [0.29, 0.717) is 5.92 Å². The molecule has 0 unspecified atom stereocenters. The van der Waals surface area contributed by atoms with E-state index < -0.39 is 0 Å². The second kappa shape index (κ2) is 6.21. The van der Waals surface area contributed by atoms with Gasteiger partial charge in [0.15, 0.2) is 0 Å². The van der Waals surface area contributed by atoms with Crippen molar-refractivity contribution in [3.8, 4) is 0 Å². The fourth-order valence-corrected chi connectivity index (χ4v) is 3.33. The molecule has 0 saturated carbocycles. The molecule has 2 nitrogen and oxygen atoms in total. The van der Waals surface area contributed by atoms with Crippen molar-refractivity contribution in [2.45, 2.75) is 18.9 Å². The smallest absolute Gasteiger partial charge is 0.0701 e. The molecule has 0 aliphatic carbocycles. The quantitative estimate of drug-likeness (QED) is 0.909. The van der Waals surface area contributed by atoms with Gasteiger partial charge in [-0.2, -0.15) is 0 Å². The van der Waals surface area contributed by atoms with Gasteiger partial charge in [-0.25, -0.2) is 0 Å². The SMILES string of the molecule is Cl.N[C@H](c1ccc(Br)s1)C1CCOCC1. The van der Waals surface area contributed by atoms with Crippen molar-refractivity contribution in [1.82, 2.24) is 0 Å². The molecule has 5 heteroatoms. The van der Waals surface area contributed by atoms with Gasteiger partial charge in [0.1, 0.15) is 0 Å². The molecule has 1 saturated heterocycles. The number of nitrogens with two attached hydrogens (primary N) is 1. The molecule has 86 valence electrons. The summed E-state index contributed by atoms with van der Waals surface area (Å²) < 4.78 is 6.49. The van der Waals surface area contributed by atoms with Crippen LogP contribution in [0.3, 0.4) is 0 Å². The van der Waals surface area contributed by atoms with E-state index in [9.17, 15) is 0 Å². The Morgan fingerprint density at radius 3 is 2.60 bits per heavy atom. The summed E-state index contributed by atoms with van der Waals surface area (Å²) in [7, 11) is 0. The molecular weight excluding hydrogens is 298 g/mol. The Hall–Kier alpha value is 0.390. The first-order chi connectivity index (χ1) is 6.77. The highest BCUT2D eigenvalue weighted by molar-refractivity contribution is 9.11. The molecule has 1 aliphatic heterocycles. The van der Waals surface area contributed by atoms with Gasteiger partial charge in [-0.15, -0.1) is 23.7 Å². The van der Waals surface area contributed by atoms with Gasteiger partial charge >= 0.3 is 0 Å². The van der Waals surface area contributed by atoms with Crippen LogP contribution >= 0.6 is 39.7 Å². The molecule has 0 radical (unpaired) electrons. The van der Waals surface area contributed by atoms with Gasteiger partial charge in [0.25, 0.3) is 0 Å². The Bertz CT molecular complexity index is 301. The molecule has 1 aliphatic rings. The van der Waals surface area contributed by atoms with Gasteiger partial charge in [-0.05, 0) is 46.8 Å². The number of rotatable bonds is 2. The van der Waals surface area contributed by atoms with E-state index in [1.54, 1.807) is 11.3 Å². The first-order valence-corrected chi connectivity index (χ1v) is 6.47. The first-order valence-electron chi connectivity index (χ1n) is 4.86. The van der Waals surface area contributed by atoms with E-state index in [2.05, 4.69) is 28.1 Å². The fraction of sp³-hybridized carbons (Fsp3) is 0.600. The lowest BCUT2D eigenvalue weighted by atomic mass is 9.91. The summed E-state index contributed by atoms with van der Waals surface area (Å²) in [5, 5.41) is 0. The maximum Gasteiger partial charge on any atom is 0.0701 e. The zero-order valence-corrected chi connectivity index (χ0v) is 11.5. The lowest BCUT2D eigenvalue weighted by Crippen LogP contribution is -2.26. The Kier molecular flexibility index (Phi) is 5.57. The van der Waals surface area contributed by atoms with Crippen molar-refractivity contribution in [3.63, 3.8) is 0 Å². The van der Waals surface area contributed by atoms with Gasteiger partial charge in [0.05, 0.1) is 3.79 Å². The van der Waals surface area contributed by atoms with Crippen molar-refractivity contribution in [1.29, 1.82) is 0 Å². The lowest BCUT2D eigenvalue weighted by molar-refractivity contribution is 0.0587. The molecule has 0 amide bonds. The van der Waals surface area contributed by atoms with Gasteiger partial charge in [-0.1, -0.05) is 0 Å². The minimum Gasteiger partial charge on any atom is -0.381 e. The Balaban J connectivity index is 0.00000112. The van der Waals surface area contributed by atoms with Crippen LogP contribution in [0, 0.1) is 5.92 Å². The summed E-state index contributed by atoms with van der Waals surface area (Å²) >= 11 is 5.20. The number of hydrogen-bond donors (Lipinski definition) is 1. The maximum absolute atomic E-state index is 6.22. The molecule has 0 aromatic carbocycles. The van der Waals surface area contributed by atoms with Crippen LogP contribution in [0.2, 0.25) is 0 Å². The van der Waals surface area contributed by atoms with Crippen molar-refractivity contribution in [3.05, 3.63) is 20.8 Å². The molecule has 1 atom stereocenters. The third-order valence-corrected chi connectivity index (χ3v) is 4.42. The number of ether oxygens (including phenoxy) is 1. The van der Waals surface area contributed by atoms with Gasteiger partial charge in [0, 0.05) is 24.1 Å². The van der Waals surface area contributed by atoms with Crippen LogP contribution in [-0.4, -0.2) is 13.2 Å². The van der Waals surface area contributed by atoms with Crippen molar-refractivity contribution < 1.29 is 4.74 Å². The largest absolute Gasteiger partial charge is 0.381 e. The summed E-state index contributed by atoms with van der Waals surface area (Å²) in [4.78, 5) is 1.28. The van der Waals surface area contributed by atoms with E-state index in [1.807, 2.05) is 0 Å². The first kappa shape index (κ1) is 13.5. The van der Waals surface area contributed by atoms with Crippen LogP contribution < -0.4 is 5.73 Å². The highest BCUT2D eigenvalue weighted by Crippen LogP contribution is 2.33. The average Bonchev–Trinajstić information content (AvgIpc) is 2.65. The van der Waals surface area contributed by atoms with Gasteiger partial charge in [-0.3, -0.25) is 0 Å². The van der Waals surface area contributed by atoms with Crippen LogP contribution in [-0.2, 0) is 4.74 Å². The van der Waals surface area contributed by atoms with Gasteiger partial charge in [0.2, 0.25) is 0 Å². The predicted molar refractivity (Wildman–Crippen MR) is 69.7 cm³/mol. The molecule has 1 aromatic rings. The molecular formula is C10H15BrClNOS. The normalized spacial score (nSPS) is 19.6. The zero-order valence-electron chi connectivity index (χ0n) is 8.32. The molecule has 0 bridgehead atoms. The third kappa shape index (κ3) is 3.43. The third-order valence-electron chi connectivity index (χ3n) is 2.70. The van der Waals surface area contributed by atoms with Crippen molar-refractivity contribution in [2.24, 2.45) is 11.7 Å². The topological polar surface area (TPSA) is 35.2 Å². The second-order valence-electron chi connectivity index (χ2n) is 3.62. The van der Waals surface area contributed by atoms with Crippen LogP contribution in [0.1, 0.15) is 23.8 Å². The molecule has 15 heavy (non-hydrogen) atoms. The zero-order chi connectivity index (χ0) is 9.97. The van der Waals surface area contributed by atoms with E-state index in [0.717, 1.165) is 29.8 Å². The fourth-order valence-electron chi connectivity index (χ4n) is 1.81. The number of thiophene rings is 1. The predicted octanol–water partition coefficient (Wildman–Crippen LogP) is 3.36. The van der Waals surface area contributed by atoms with Crippen molar-refractivity contribution >= 4 is 39.7 Å². The van der Waals surface area contributed by atoms with Crippen LogP contribution in [0.4, 0.5) is 0 Å². The second-order valence-corrected chi connectivity index (χ2v) is 6.11. The number of hydrogen-bond acceptors (Lipinski definition) is 3. The van der Waals surface area contributed by atoms with E-state index in [-0.39, 0.29) is 18.4 Å². The molecule has 2 heterocycles.